The number of sulfonamides is 1. The van der Waals surface area contributed by atoms with Gasteiger partial charge < -0.3 is 10.4 Å². The molecule has 1 saturated carbocycles. The SMILES string of the molecule is CCN(CC(=O)O)C1CC(NC(=O)c2cc(F)ccc2NS(C)(=O)=O)C1. The number of likely N-dealkylation sites (N-methyl/N-ethyl adjacent to an activating group) is 1. The Bertz CT molecular complexity index is 793. The van der Waals surface area contributed by atoms with Crippen molar-refractivity contribution >= 4 is 27.6 Å². The Labute approximate surface area is 151 Å². The molecule has 144 valence electrons. The Balaban J connectivity index is 2.01. The van der Waals surface area contributed by atoms with Gasteiger partial charge in [-0.05, 0) is 37.6 Å². The summed E-state index contributed by atoms with van der Waals surface area (Å²) in [5.74, 6) is -2.14. The largest absolute Gasteiger partial charge is 0.480 e. The molecule has 10 heteroatoms. The zero-order chi connectivity index (χ0) is 19.5. The monoisotopic (exact) mass is 387 g/mol. The standard InChI is InChI=1S/C16H22FN3O5S/c1-3-20(9-15(21)22)12-7-11(8-12)18-16(23)13-6-10(17)4-5-14(13)19-26(2,24)25/h4-6,11-12,19H,3,7-9H2,1-2H3,(H,18,23)(H,21,22). The van der Waals surface area contributed by atoms with Crippen LogP contribution in [-0.2, 0) is 14.8 Å². The van der Waals surface area contributed by atoms with Crippen molar-refractivity contribution in [3.8, 4) is 0 Å². The van der Waals surface area contributed by atoms with Crippen LogP contribution in [-0.4, -0.2) is 61.7 Å². The van der Waals surface area contributed by atoms with Crippen molar-refractivity contribution in [2.75, 3.05) is 24.1 Å². The van der Waals surface area contributed by atoms with Crippen molar-refractivity contribution < 1.29 is 27.5 Å². The van der Waals surface area contributed by atoms with E-state index in [4.69, 9.17) is 5.11 Å². The first-order valence-electron chi connectivity index (χ1n) is 8.13. The maximum absolute atomic E-state index is 13.5. The first-order valence-corrected chi connectivity index (χ1v) is 10.0. The number of hydrogen-bond donors (Lipinski definition) is 3. The van der Waals surface area contributed by atoms with Crippen molar-refractivity contribution in [1.29, 1.82) is 0 Å². The molecule has 1 amide bonds. The molecule has 2 rings (SSSR count). The molecular formula is C16H22FN3O5S. The zero-order valence-corrected chi connectivity index (χ0v) is 15.3. The molecule has 0 aromatic heterocycles. The van der Waals surface area contributed by atoms with E-state index in [0.717, 1.165) is 18.4 Å². The first-order chi connectivity index (χ1) is 12.1. The second-order valence-corrected chi connectivity index (χ2v) is 8.07. The van der Waals surface area contributed by atoms with Crippen LogP contribution >= 0.6 is 0 Å². The molecule has 1 aromatic rings. The number of nitrogens with one attached hydrogen (secondary N) is 2. The van der Waals surface area contributed by atoms with Gasteiger partial charge in [-0.25, -0.2) is 12.8 Å². The minimum absolute atomic E-state index is 0.00309. The topological polar surface area (TPSA) is 116 Å². The summed E-state index contributed by atoms with van der Waals surface area (Å²) in [5, 5.41) is 11.6. The molecule has 26 heavy (non-hydrogen) atoms. The van der Waals surface area contributed by atoms with Crippen LogP contribution in [0.1, 0.15) is 30.1 Å². The Hall–Kier alpha value is -2.20. The van der Waals surface area contributed by atoms with Crippen LogP contribution in [0.5, 0.6) is 0 Å². The molecule has 8 nitrogen and oxygen atoms in total. The van der Waals surface area contributed by atoms with Crippen LogP contribution in [0.3, 0.4) is 0 Å². The van der Waals surface area contributed by atoms with Crippen LogP contribution in [0, 0.1) is 5.82 Å². The summed E-state index contributed by atoms with van der Waals surface area (Å²) >= 11 is 0. The van der Waals surface area contributed by atoms with Gasteiger partial charge in [0.1, 0.15) is 5.82 Å². The molecule has 0 radical (unpaired) electrons. The van der Waals surface area contributed by atoms with Crippen LogP contribution in [0.2, 0.25) is 0 Å². The van der Waals surface area contributed by atoms with Gasteiger partial charge in [0.25, 0.3) is 5.91 Å². The Morgan fingerprint density at radius 2 is 2.00 bits per heavy atom. The predicted molar refractivity (Wildman–Crippen MR) is 94.0 cm³/mol. The fourth-order valence-electron chi connectivity index (χ4n) is 2.93. The normalized spacial score (nSPS) is 19.7. The number of hydrogen-bond acceptors (Lipinski definition) is 5. The number of benzene rings is 1. The summed E-state index contributed by atoms with van der Waals surface area (Å²) in [6.07, 6.45) is 2.10. The molecule has 1 fully saturated rings. The van der Waals surface area contributed by atoms with Gasteiger partial charge in [-0.1, -0.05) is 6.92 Å². The van der Waals surface area contributed by atoms with E-state index in [2.05, 4.69) is 10.0 Å². The number of nitrogens with zero attached hydrogens (tertiary/aromatic N) is 1. The summed E-state index contributed by atoms with van der Waals surface area (Å²) in [4.78, 5) is 25.1. The first kappa shape index (κ1) is 20.1. The van der Waals surface area contributed by atoms with E-state index in [1.165, 1.54) is 6.07 Å². The lowest BCUT2D eigenvalue weighted by Crippen LogP contribution is -2.54. The van der Waals surface area contributed by atoms with Crippen molar-refractivity contribution in [3.63, 3.8) is 0 Å². The average molecular weight is 387 g/mol. The molecule has 1 aromatic carbocycles. The molecule has 0 aliphatic heterocycles. The minimum atomic E-state index is -3.62. The van der Waals surface area contributed by atoms with Gasteiger partial charge in [-0.2, -0.15) is 0 Å². The number of carbonyl (C=O) groups excluding carboxylic acids is 1. The van der Waals surface area contributed by atoms with Gasteiger partial charge in [0.2, 0.25) is 10.0 Å². The molecule has 1 aliphatic rings. The lowest BCUT2D eigenvalue weighted by Gasteiger charge is -2.42. The lowest BCUT2D eigenvalue weighted by molar-refractivity contribution is -0.139. The summed E-state index contributed by atoms with van der Waals surface area (Å²) in [6, 6.07) is 3.11. The van der Waals surface area contributed by atoms with Gasteiger partial charge in [0.05, 0.1) is 24.1 Å². The maximum Gasteiger partial charge on any atom is 0.317 e. The number of anilines is 1. The van der Waals surface area contributed by atoms with E-state index in [0.29, 0.717) is 19.4 Å². The van der Waals surface area contributed by atoms with Crippen molar-refractivity contribution in [2.45, 2.75) is 31.8 Å². The smallest absolute Gasteiger partial charge is 0.317 e. The average Bonchev–Trinajstić information content (AvgIpc) is 2.48. The highest BCUT2D eigenvalue weighted by Crippen LogP contribution is 2.27. The van der Waals surface area contributed by atoms with E-state index in [9.17, 15) is 22.4 Å². The molecule has 0 atom stereocenters. The molecule has 0 heterocycles. The second kappa shape index (κ2) is 8.00. The third-order valence-electron chi connectivity index (χ3n) is 4.23. The van der Waals surface area contributed by atoms with Gasteiger partial charge >= 0.3 is 5.97 Å². The Morgan fingerprint density at radius 1 is 1.35 bits per heavy atom. The molecule has 0 bridgehead atoms. The summed E-state index contributed by atoms with van der Waals surface area (Å²) in [5.41, 5.74) is -0.0971. The number of aliphatic carboxylic acids is 1. The summed E-state index contributed by atoms with van der Waals surface area (Å²) in [6.45, 7) is 2.39. The number of carboxylic acids is 1. The maximum atomic E-state index is 13.5. The van der Waals surface area contributed by atoms with Crippen LogP contribution in [0.4, 0.5) is 10.1 Å². The van der Waals surface area contributed by atoms with E-state index >= 15 is 0 Å². The fourth-order valence-corrected chi connectivity index (χ4v) is 3.51. The molecule has 0 unspecified atom stereocenters. The predicted octanol–water partition coefficient (Wildman–Crippen LogP) is 0.865. The number of halogens is 1. The molecule has 1 aliphatic carbocycles. The number of amides is 1. The van der Waals surface area contributed by atoms with Gasteiger partial charge in [-0.3, -0.25) is 19.2 Å². The number of rotatable bonds is 8. The third kappa shape index (κ3) is 5.40. The molecular weight excluding hydrogens is 365 g/mol. The highest BCUT2D eigenvalue weighted by atomic mass is 32.2. The highest BCUT2D eigenvalue weighted by molar-refractivity contribution is 7.92. The number of carbonyl (C=O) groups is 2. The van der Waals surface area contributed by atoms with Crippen LogP contribution in [0.15, 0.2) is 18.2 Å². The van der Waals surface area contributed by atoms with Crippen molar-refractivity contribution in [1.82, 2.24) is 10.2 Å². The Morgan fingerprint density at radius 3 is 2.54 bits per heavy atom. The second-order valence-electron chi connectivity index (χ2n) is 6.32. The molecule has 0 spiro atoms. The quantitative estimate of drug-likeness (QED) is 0.609. The van der Waals surface area contributed by atoms with Crippen LogP contribution < -0.4 is 10.0 Å². The highest BCUT2D eigenvalue weighted by Gasteiger charge is 2.35. The summed E-state index contributed by atoms with van der Waals surface area (Å²) < 4.78 is 38.5. The van der Waals surface area contributed by atoms with E-state index in [-0.39, 0.29) is 29.9 Å². The fraction of sp³-hybridized carbons (Fsp3) is 0.500. The van der Waals surface area contributed by atoms with E-state index in [1.807, 2.05) is 11.8 Å². The van der Waals surface area contributed by atoms with Crippen LogP contribution in [0.25, 0.3) is 0 Å². The van der Waals surface area contributed by atoms with E-state index < -0.39 is 27.7 Å². The molecule has 0 saturated heterocycles. The number of carboxylic acid groups (broad SMARTS) is 1. The van der Waals surface area contributed by atoms with Crippen molar-refractivity contribution in [2.24, 2.45) is 0 Å². The minimum Gasteiger partial charge on any atom is -0.480 e. The van der Waals surface area contributed by atoms with Gasteiger partial charge in [0, 0.05) is 12.1 Å². The Kier molecular flexibility index (Phi) is 6.19. The lowest BCUT2D eigenvalue weighted by atomic mass is 9.85. The third-order valence-corrected chi connectivity index (χ3v) is 4.82. The van der Waals surface area contributed by atoms with Gasteiger partial charge in [-0.15, -0.1) is 0 Å². The van der Waals surface area contributed by atoms with E-state index in [1.54, 1.807) is 0 Å². The summed E-state index contributed by atoms with van der Waals surface area (Å²) in [7, 11) is -3.62. The van der Waals surface area contributed by atoms with Gasteiger partial charge in [0.15, 0.2) is 0 Å². The van der Waals surface area contributed by atoms with Crippen molar-refractivity contribution in [3.05, 3.63) is 29.6 Å². The zero-order valence-electron chi connectivity index (χ0n) is 14.5. The molecule has 3 N–H and O–H groups in total.